The van der Waals surface area contributed by atoms with Gasteiger partial charge in [0.25, 0.3) is 0 Å². The molecule has 21 heavy (non-hydrogen) atoms. The third-order valence-electron chi connectivity index (χ3n) is 3.68. The standard InChI is InChI=1S/C14H21NO4S2/c1-21(18,19)13-4-2-11(3-5-13)14(16)10-15-12-6-8-20(17)9-7-12/h2-5,12,14-16H,6-10H2,1H3. The maximum absolute atomic E-state index is 11.4. The molecule has 0 spiro atoms. The lowest BCUT2D eigenvalue weighted by Crippen LogP contribution is -2.37. The van der Waals surface area contributed by atoms with Crippen molar-refractivity contribution < 1.29 is 17.7 Å². The zero-order valence-corrected chi connectivity index (χ0v) is 13.6. The molecule has 1 saturated heterocycles. The Morgan fingerprint density at radius 3 is 2.38 bits per heavy atom. The molecule has 5 nitrogen and oxygen atoms in total. The molecule has 1 aromatic rings. The fourth-order valence-corrected chi connectivity index (χ4v) is 4.26. The SMILES string of the molecule is CS(=O)(=O)c1ccc(C(O)CNC2CCS(=O)CC2)cc1. The van der Waals surface area contributed by atoms with Gasteiger partial charge in [0.2, 0.25) is 0 Å². The Morgan fingerprint density at radius 1 is 1.29 bits per heavy atom. The number of hydrogen-bond donors (Lipinski definition) is 2. The van der Waals surface area contributed by atoms with E-state index in [-0.39, 0.29) is 4.90 Å². The molecule has 1 aliphatic heterocycles. The predicted molar refractivity (Wildman–Crippen MR) is 83.4 cm³/mol. The van der Waals surface area contributed by atoms with Crippen LogP contribution in [0.3, 0.4) is 0 Å². The number of benzene rings is 1. The molecule has 118 valence electrons. The molecule has 1 atom stereocenters. The fraction of sp³-hybridized carbons (Fsp3) is 0.571. The Kier molecular flexibility index (Phi) is 5.54. The molecule has 2 N–H and O–H groups in total. The normalized spacial score (nSPS) is 24.7. The zero-order chi connectivity index (χ0) is 15.5. The largest absolute Gasteiger partial charge is 0.387 e. The Labute approximate surface area is 128 Å². The van der Waals surface area contributed by atoms with Crippen molar-refractivity contribution in [3.8, 4) is 0 Å². The van der Waals surface area contributed by atoms with Crippen LogP contribution >= 0.6 is 0 Å². The van der Waals surface area contributed by atoms with Crippen molar-refractivity contribution in [2.45, 2.75) is 29.9 Å². The smallest absolute Gasteiger partial charge is 0.175 e. The van der Waals surface area contributed by atoms with Crippen molar-refractivity contribution in [3.05, 3.63) is 29.8 Å². The van der Waals surface area contributed by atoms with Crippen LogP contribution in [-0.2, 0) is 20.6 Å². The molecule has 1 fully saturated rings. The molecule has 2 rings (SSSR count). The van der Waals surface area contributed by atoms with E-state index in [2.05, 4.69) is 5.32 Å². The van der Waals surface area contributed by atoms with Crippen LogP contribution in [-0.4, -0.2) is 48.1 Å². The van der Waals surface area contributed by atoms with Gasteiger partial charge in [0.1, 0.15) is 0 Å². The summed E-state index contributed by atoms with van der Waals surface area (Å²) in [4.78, 5) is 0.251. The van der Waals surface area contributed by atoms with Crippen molar-refractivity contribution in [2.75, 3.05) is 24.3 Å². The molecule has 1 aliphatic rings. The van der Waals surface area contributed by atoms with Gasteiger partial charge in [0, 0.05) is 41.1 Å². The minimum Gasteiger partial charge on any atom is -0.387 e. The van der Waals surface area contributed by atoms with E-state index in [1.54, 1.807) is 12.1 Å². The van der Waals surface area contributed by atoms with Gasteiger partial charge in [-0.05, 0) is 30.5 Å². The van der Waals surface area contributed by atoms with E-state index < -0.39 is 26.7 Å². The van der Waals surface area contributed by atoms with Crippen LogP contribution in [0, 0.1) is 0 Å². The lowest BCUT2D eigenvalue weighted by atomic mass is 10.1. The lowest BCUT2D eigenvalue weighted by molar-refractivity contribution is 0.168. The Hall–Kier alpha value is -0.760. The van der Waals surface area contributed by atoms with Crippen LogP contribution in [0.5, 0.6) is 0 Å². The Morgan fingerprint density at radius 2 is 1.86 bits per heavy atom. The van der Waals surface area contributed by atoms with Crippen LogP contribution in [0.2, 0.25) is 0 Å². The number of aliphatic hydroxyl groups excluding tert-OH is 1. The van der Waals surface area contributed by atoms with Gasteiger partial charge in [-0.25, -0.2) is 8.42 Å². The second kappa shape index (κ2) is 7.00. The monoisotopic (exact) mass is 331 g/mol. The highest BCUT2D eigenvalue weighted by atomic mass is 32.2. The van der Waals surface area contributed by atoms with Crippen LogP contribution in [0.15, 0.2) is 29.2 Å². The summed E-state index contributed by atoms with van der Waals surface area (Å²) in [7, 11) is -3.89. The molecule has 1 heterocycles. The topological polar surface area (TPSA) is 83.5 Å². The van der Waals surface area contributed by atoms with Crippen molar-refractivity contribution in [1.29, 1.82) is 0 Å². The first-order valence-corrected chi connectivity index (χ1v) is 10.3. The molecule has 0 amide bonds. The number of hydrogen-bond acceptors (Lipinski definition) is 5. The predicted octanol–water partition coefficient (Wildman–Crippen LogP) is 0.624. The summed E-state index contributed by atoms with van der Waals surface area (Å²) in [6.07, 6.45) is 2.22. The van der Waals surface area contributed by atoms with E-state index in [0.717, 1.165) is 30.6 Å². The molecule has 0 saturated carbocycles. The van der Waals surface area contributed by atoms with Gasteiger partial charge in [-0.15, -0.1) is 0 Å². The van der Waals surface area contributed by atoms with Gasteiger partial charge >= 0.3 is 0 Å². The van der Waals surface area contributed by atoms with E-state index in [4.69, 9.17) is 0 Å². The van der Waals surface area contributed by atoms with E-state index >= 15 is 0 Å². The van der Waals surface area contributed by atoms with Crippen molar-refractivity contribution in [3.63, 3.8) is 0 Å². The van der Waals surface area contributed by atoms with Gasteiger partial charge in [0.15, 0.2) is 9.84 Å². The molecular formula is C14H21NO4S2. The Bertz CT molecular complexity index is 588. The van der Waals surface area contributed by atoms with Gasteiger partial charge in [0.05, 0.1) is 11.0 Å². The van der Waals surface area contributed by atoms with E-state index in [1.165, 1.54) is 12.1 Å². The van der Waals surface area contributed by atoms with Crippen LogP contribution in [0.1, 0.15) is 24.5 Å². The zero-order valence-electron chi connectivity index (χ0n) is 12.0. The number of rotatable bonds is 5. The van der Waals surface area contributed by atoms with Crippen LogP contribution in [0.25, 0.3) is 0 Å². The second-order valence-electron chi connectivity index (χ2n) is 5.39. The van der Waals surface area contributed by atoms with Gasteiger partial charge in [-0.3, -0.25) is 4.21 Å². The molecule has 1 unspecified atom stereocenters. The molecule has 0 bridgehead atoms. The van der Waals surface area contributed by atoms with Crippen molar-refractivity contribution in [2.24, 2.45) is 0 Å². The first-order chi connectivity index (χ1) is 9.86. The summed E-state index contributed by atoms with van der Waals surface area (Å²) in [5.74, 6) is 1.44. The molecule has 1 aromatic carbocycles. The van der Waals surface area contributed by atoms with Crippen LogP contribution in [0.4, 0.5) is 0 Å². The third-order valence-corrected chi connectivity index (χ3v) is 6.19. The van der Waals surface area contributed by atoms with Crippen LogP contribution < -0.4 is 5.32 Å². The number of nitrogens with one attached hydrogen (secondary N) is 1. The summed E-state index contributed by atoms with van der Waals surface area (Å²) < 4.78 is 34.0. The molecule has 7 heteroatoms. The van der Waals surface area contributed by atoms with E-state index in [1.807, 2.05) is 0 Å². The number of sulfone groups is 1. The summed E-state index contributed by atoms with van der Waals surface area (Å²) in [5, 5.41) is 13.4. The summed E-state index contributed by atoms with van der Waals surface area (Å²) in [6.45, 7) is 0.412. The minimum atomic E-state index is -3.21. The fourth-order valence-electron chi connectivity index (χ4n) is 2.33. The van der Waals surface area contributed by atoms with E-state index in [0.29, 0.717) is 18.2 Å². The highest BCUT2D eigenvalue weighted by Gasteiger charge is 2.18. The van der Waals surface area contributed by atoms with E-state index in [9.17, 15) is 17.7 Å². The quantitative estimate of drug-likeness (QED) is 0.826. The number of aliphatic hydroxyl groups is 1. The third kappa shape index (κ3) is 4.88. The summed E-state index contributed by atoms with van der Waals surface area (Å²) in [5.41, 5.74) is 0.689. The Balaban J connectivity index is 1.88. The van der Waals surface area contributed by atoms with Gasteiger partial charge in [-0.2, -0.15) is 0 Å². The maximum Gasteiger partial charge on any atom is 0.175 e. The first kappa shape index (κ1) is 16.6. The van der Waals surface area contributed by atoms with Gasteiger partial charge in [-0.1, -0.05) is 12.1 Å². The summed E-state index contributed by atoms with van der Waals surface area (Å²) >= 11 is 0. The average Bonchev–Trinajstić information content (AvgIpc) is 2.45. The first-order valence-electron chi connectivity index (χ1n) is 6.92. The second-order valence-corrected chi connectivity index (χ2v) is 9.10. The molecule has 0 aromatic heterocycles. The molecule has 0 radical (unpaired) electrons. The molecular weight excluding hydrogens is 310 g/mol. The summed E-state index contributed by atoms with van der Waals surface area (Å²) in [6, 6.07) is 6.60. The highest BCUT2D eigenvalue weighted by molar-refractivity contribution is 7.90. The highest BCUT2D eigenvalue weighted by Crippen LogP contribution is 2.17. The van der Waals surface area contributed by atoms with Crippen molar-refractivity contribution >= 4 is 20.6 Å². The molecule has 0 aliphatic carbocycles. The van der Waals surface area contributed by atoms with Gasteiger partial charge < -0.3 is 10.4 Å². The maximum atomic E-state index is 11.4. The lowest BCUT2D eigenvalue weighted by Gasteiger charge is -2.24. The minimum absolute atomic E-state index is 0.251. The average molecular weight is 331 g/mol. The van der Waals surface area contributed by atoms with Crippen molar-refractivity contribution in [1.82, 2.24) is 5.32 Å².